The Bertz CT molecular complexity index is 998. The van der Waals surface area contributed by atoms with Gasteiger partial charge in [-0.3, -0.25) is 14.2 Å². The zero-order valence-corrected chi connectivity index (χ0v) is 16.6. The zero-order chi connectivity index (χ0) is 19.6. The van der Waals surface area contributed by atoms with Crippen LogP contribution in [0, 0.1) is 20.8 Å². The molecule has 27 heavy (non-hydrogen) atoms. The van der Waals surface area contributed by atoms with Crippen molar-refractivity contribution in [2.75, 3.05) is 5.32 Å². The van der Waals surface area contributed by atoms with Crippen LogP contribution in [0.1, 0.15) is 28.2 Å². The van der Waals surface area contributed by atoms with Crippen LogP contribution in [0.3, 0.4) is 0 Å². The van der Waals surface area contributed by atoms with Crippen molar-refractivity contribution in [2.24, 2.45) is 7.05 Å². The number of carbonyl (C=O) groups is 1. The van der Waals surface area contributed by atoms with E-state index in [-0.39, 0.29) is 5.91 Å². The van der Waals surface area contributed by atoms with Gasteiger partial charge in [0.2, 0.25) is 5.91 Å². The molecule has 0 unspecified atom stereocenters. The number of rotatable bonds is 5. The molecule has 0 fully saturated rings. The van der Waals surface area contributed by atoms with E-state index < -0.39 is 0 Å². The number of hydrogen-bond donors (Lipinski definition) is 1. The zero-order valence-electron chi connectivity index (χ0n) is 15.8. The minimum absolute atomic E-state index is 0.199. The second kappa shape index (κ2) is 7.80. The van der Waals surface area contributed by atoms with E-state index in [1.165, 1.54) is 6.08 Å². The molecule has 0 aliphatic heterocycles. The highest BCUT2D eigenvalue weighted by Gasteiger charge is 2.13. The fourth-order valence-electron chi connectivity index (χ4n) is 2.80. The average molecular weight is 384 g/mol. The summed E-state index contributed by atoms with van der Waals surface area (Å²) in [5.41, 5.74) is 5.43. The SMILES string of the molecule is Cc1nn(Cc2ccc(Cl)cc2)c(C)c1NC(=O)C=Cc1cnn(C)c1C. The van der Waals surface area contributed by atoms with Crippen molar-refractivity contribution in [1.82, 2.24) is 19.6 Å². The Labute approximate surface area is 163 Å². The third kappa shape index (κ3) is 4.28. The number of aryl methyl sites for hydroxylation is 2. The quantitative estimate of drug-likeness (QED) is 0.679. The van der Waals surface area contributed by atoms with Crippen LogP contribution in [0.2, 0.25) is 5.02 Å². The van der Waals surface area contributed by atoms with Gasteiger partial charge in [-0.15, -0.1) is 0 Å². The van der Waals surface area contributed by atoms with Crippen molar-refractivity contribution in [3.05, 3.63) is 69.8 Å². The first-order valence-corrected chi connectivity index (χ1v) is 8.99. The van der Waals surface area contributed by atoms with E-state index in [0.29, 0.717) is 11.6 Å². The summed E-state index contributed by atoms with van der Waals surface area (Å²) in [4.78, 5) is 12.3. The molecule has 0 aliphatic carbocycles. The van der Waals surface area contributed by atoms with Crippen LogP contribution in [0.4, 0.5) is 5.69 Å². The van der Waals surface area contributed by atoms with Crippen LogP contribution in [0.5, 0.6) is 0 Å². The number of carbonyl (C=O) groups excluding carboxylic acids is 1. The molecule has 6 nitrogen and oxygen atoms in total. The van der Waals surface area contributed by atoms with Crippen LogP contribution >= 0.6 is 11.6 Å². The first-order valence-electron chi connectivity index (χ1n) is 8.61. The average Bonchev–Trinajstić information content (AvgIpc) is 3.09. The Kier molecular flexibility index (Phi) is 5.46. The molecular formula is C20H22ClN5O. The molecule has 0 bridgehead atoms. The Balaban J connectivity index is 1.73. The van der Waals surface area contributed by atoms with Crippen molar-refractivity contribution < 1.29 is 4.79 Å². The van der Waals surface area contributed by atoms with Gasteiger partial charge < -0.3 is 5.32 Å². The highest BCUT2D eigenvalue weighted by atomic mass is 35.5. The third-order valence-electron chi connectivity index (χ3n) is 4.56. The molecule has 140 valence electrons. The highest BCUT2D eigenvalue weighted by Crippen LogP contribution is 2.21. The number of halogens is 1. The van der Waals surface area contributed by atoms with E-state index in [9.17, 15) is 4.79 Å². The number of nitrogens with zero attached hydrogens (tertiary/aromatic N) is 4. The number of benzene rings is 1. The maximum absolute atomic E-state index is 12.3. The van der Waals surface area contributed by atoms with Gasteiger partial charge in [-0.2, -0.15) is 10.2 Å². The normalized spacial score (nSPS) is 11.3. The molecule has 1 aromatic carbocycles. The van der Waals surface area contributed by atoms with Gasteiger partial charge in [-0.25, -0.2) is 0 Å². The van der Waals surface area contributed by atoms with Gasteiger partial charge in [0, 0.05) is 29.4 Å². The summed E-state index contributed by atoms with van der Waals surface area (Å²) < 4.78 is 3.65. The predicted molar refractivity (Wildman–Crippen MR) is 108 cm³/mol. The van der Waals surface area contributed by atoms with Crippen molar-refractivity contribution in [1.29, 1.82) is 0 Å². The second-order valence-electron chi connectivity index (χ2n) is 6.46. The van der Waals surface area contributed by atoms with E-state index in [1.807, 2.05) is 56.8 Å². The molecule has 3 aromatic rings. The van der Waals surface area contributed by atoms with Crippen molar-refractivity contribution in [3.63, 3.8) is 0 Å². The van der Waals surface area contributed by atoms with Crippen molar-refractivity contribution in [3.8, 4) is 0 Å². The Morgan fingerprint density at radius 1 is 1.19 bits per heavy atom. The fourth-order valence-corrected chi connectivity index (χ4v) is 2.93. The molecule has 0 aliphatic rings. The third-order valence-corrected chi connectivity index (χ3v) is 4.81. The summed E-state index contributed by atoms with van der Waals surface area (Å²) in [5.74, 6) is -0.199. The lowest BCUT2D eigenvalue weighted by Crippen LogP contribution is -2.10. The summed E-state index contributed by atoms with van der Waals surface area (Å²) >= 11 is 5.94. The van der Waals surface area contributed by atoms with Crippen LogP contribution in [-0.4, -0.2) is 25.5 Å². The summed E-state index contributed by atoms with van der Waals surface area (Å²) in [6, 6.07) is 7.65. The Hall–Kier alpha value is -2.86. The van der Waals surface area contributed by atoms with Gasteiger partial charge in [-0.1, -0.05) is 23.7 Å². The van der Waals surface area contributed by atoms with E-state index >= 15 is 0 Å². The first-order chi connectivity index (χ1) is 12.8. The first kappa shape index (κ1) is 18.9. The van der Waals surface area contributed by atoms with Gasteiger partial charge in [0.15, 0.2) is 0 Å². The topological polar surface area (TPSA) is 64.7 Å². The standard InChI is InChI=1S/C20H22ClN5O/c1-13-20(23-19(27)10-7-17-11-22-25(4)14(17)2)15(3)26(24-13)12-16-5-8-18(21)9-6-16/h5-11H,12H2,1-4H3,(H,23,27). The molecule has 2 heterocycles. The molecule has 0 saturated carbocycles. The van der Waals surface area contributed by atoms with E-state index in [2.05, 4.69) is 15.5 Å². The van der Waals surface area contributed by atoms with E-state index in [4.69, 9.17) is 11.6 Å². The van der Waals surface area contributed by atoms with Crippen molar-refractivity contribution in [2.45, 2.75) is 27.3 Å². The number of hydrogen-bond acceptors (Lipinski definition) is 3. The number of anilines is 1. The van der Waals surface area contributed by atoms with E-state index in [0.717, 1.165) is 33.9 Å². The molecule has 0 atom stereocenters. The van der Waals surface area contributed by atoms with Crippen LogP contribution in [0.25, 0.3) is 6.08 Å². The van der Waals surface area contributed by atoms with Crippen molar-refractivity contribution >= 4 is 29.3 Å². The Morgan fingerprint density at radius 2 is 1.89 bits per heavy atom. The molecule has 1 N–H and O–H groups in total. The maximum atomic E-state index is 12.3. The minimum atomic E-state index is -0.199. The summed E-state index contributed by atoms with van der Waals surface area (Å²) in [5, 5.41) is 12.4. The minimum Gasteiger partial charge on any atom is -0.319 e. The lowest BCUT2D eigenvalue weighted by molar-refractivity contribution is -0.111. The summed E-state index contributed by atoms with van der Waals surface area (Å²) in [6.45, 7) is 6.40. The molecule has 3 rings (SSSR count). The molecule has 2 aromatic heterocycles. The van der Waals surface area contributed by atoms with E-state index in [1.54, 1.807) is 17.0 Å². The number of amides is 1. The van der Waals surface area contributed by atoms with Crippen LogP contribution in [-0.2, 0) is 18.4 Å². The van der Waals surface area contributed by atoms with Gasteiger partial charge in [0.1, 0.15) is 0 Å². The number of nitrogens with one attached hydrogen (secondary N) is 1. The molecule has 0 saturated heterocycles. The van der Waals surface area contributed by atoms with Gasteiger partial charge >= 0.3 is 0 Å². The van der Waals surface area contributed by atoms with Crippen LogP contribution in [0.15, 0.2) is 36.5 Å². The Morgan fingerprint density at radius 3 is 2.52 bits per heavy atom. The number of aromatic nitrogens is 4. The largest absolute Gasteiger partial charge is 0.319 e. The lowest BCUT2D eigenvalue weighted by atomic mass is 10.2. The second-order valence-corrected chi connectivity index (χ2v) is 6.90. The summed E-state index contributed by atoms with van der Waals surface area (Å²) in [6.07, 6.45) is 5.01. The lowest BCUT2D eigenvalue weighted by Gasteiger charge is -2.06. The molecular weight excluding hydrogens is 362 g/mol. The molecule has 0 radical (unpaired) electrons. The molecule has 7 heteroatoms. The van der Waals surface area contributed by atoms with Gasteiger partial charge in [0.25, 0.3) is 0 Å². The monoisotopic (exact) mass is 383 g/mol. The predicted octanol–water partition coefficient (Wildman–Crippen LogP) is 3.90. The molecule has 0 spiro atoms. The molecule has 1 amide bonds. The highest BCUT2D eigenvalue weighted by molar-refractivity contribution is 6.30. The van der Waals surface area contributed by atoms with Gasteiger partial charge in [-0.05, 0) is 44.5 Å². The van der Waals surface area contributed by atoms with Crippen LogP contribution < -0.4 is 5.32 Å². The van der Waals surface area contributed by atoms with Gasteiger partial charge in [0.05, 0.1) is 29.8 Å². The summed E-state index contributed by atoms with van der Waals surface area (Å²) in [7, 11) is 1.87. The fraction of sp³-hybridized carbons (Fsp3) is 0.250. The smallest absolute Gasteiger partial charge is 0.248 e. The maximum Gasteiger partial charge on any atom is 0.248 e.